The van der Waals surface area contributed by atoms with E-state index in [0.29, 0.717) is 23.0 Å². The summed E-state index contributed by atoms with van der Waals surface area (Å²) in [5, 5.41) is 8.90. The van der Waals surface area contributed by atoms with Gasteiger partial charge in [-0.15, -0.1) is 0 Å². The number of aryl methyl sites for hydroxylation is 1. The van der Waals surface area contributed by atoms with Gasteiger partial charge in [0.15, 0.2) is 15.8 Å². The first kappa shape index (κ1) is 21.0. The zero-order chi connectivity index (χ0) is 19.3. The van der Waals surface area contributed by atoms with E-state index in [0.717, 1.165) is 5.56 Å². The van der Waals surface area contributed by atoms with Gasteiger partial charge in [0.1, 0.15) is 0 Å². The van der Waals surface area contributed by atoms with Gasteiger partial charge in [-0.2, -0.15) is 0 Å². The number of benzene rings is 1. The van der Waals surface area contributed by atoms with Crippen LogP contribution in [-0.4, -0.2) is 45.7 Å². The van der Waals surface area contributed by atoms with Crippen LogP contribution in [0.1, 0.15) is 31.9 Å². The molecule has 0 unspecified atom stereocenters. The lowest BCUT2D eigenvalue weighted by molar-refractivity contribution is -0.121. The predicted molar refractivity (Wildman–Crippen MR) is 100 cm³/mol. The minimum atomic E-state index is -3.22. The number of rotatable bonds is 5. The Balaban J connectivity index is 2.61. The van der Waals surface area contributed by atoms with Crippen molar-refractivity contribution in [3.05, 3.63) is 29.3 Å². The summed E-state index contributed by atoms with van der Waals surface area (Å²) in [5.74, 6) is 0.373. The van der Waals surface area contributed by atoms with Gasteiger partial charge in [-0.25, -0.2) is 8.42 Å². The highest BCUT2D eigenvalue weighted by molar-refractivity contribution is 7.90. The Morgan fingerprint density at radius 3 is 2.32 bits per heavy atom. The fourth-order valence-electron chi connectivity index (χ4n) is 2.27. The van der Waals surface area contributed by atoms with Crippen LogP contribution in [0.15, 0.2) is 28.1 Å². The van der Waals surface area contributed by atoms with Crippen molar-refractivity contribution in [3.63, 3.8) is 0 Å². The zero-order valence-electron chi connectivity index (χ0n) is 15.7. The van der Waals surface area contributed by atoms with Crippen LogP contribution >= 0.6 is 0 Å². The van der Waals surface area contributed by atoms with Gasteiger partial charge in [-0.05, 0) is 44.9 Å². The molecule has 3 N–H and O–H groups in total. The van der Waals surface area contributed by atoms with Crippen molar-refractivity contribution in [2.24, 2.45) is 4.99 Å². The van der Waals surface area contributed by atoms with Gasteiger partial charge in [0.05, 0.1) is 11.4 Å². The predicted octanol–water partition coefficient (Wildman–Crippen LogP) is 0.978. The van der Waals surface area contributed by atoms with Gasteiger partial charge in [-0.3, -0.25) is 9.79 Å². The fourth-order valence-corrected chi connectivity index (χ4v) is 3.23. The summed E-state index contributed by atoms with van der Waals surface area (Å²) in [6, 6.07) is 5.19. The van der Waals surface area contributed by atoms with E-state index in [1.807, 2.05) is 26.8 Å². The lowest BCUT2D eigenvalue weighted by Crippen LogP contribution is -2.48. The number of amides is 1. The van der Waals surface area contributed by atoms with E-state index in [9.17, 15) is 13.2 Å². The topological polar surface area (TPSA) is 99.7 Å². The molecule has 1 rings (SSSR count). The first-order valence-corrected chi connectivity index (χ1v) is 9.86. The van der Waals surface area contributed by atoms with E-state index < -0.39 is 9.84 Å². The maximum atomic E-state index is 11.8. The third-order valence-electron chi connectivity index (χ3n) is 3.25. The Morgan fingerprint density at radius 1 is 1.20 bits per heavy atom. The fraction of sp³-hybridized carbons (Fsp3) is 0.529. The molecule has 0 spiro atoms. The molecule has 0 bridgehead atoms. The summed E-state index contributed by atoms with van der Waals surface area (Å²) in [5.41, 5.74) is 1.34. The van der Waals surface area contributed by atoms with Crippen molar-refractivity contribution in [2.45, 2.75) is 44.7 Å². The molecule has 1 aromatic rings. The number of hydrogen-bond acceptors (Lipinski definition) is 4. The first-order valence-electron chi connectivity index (χ1n) is 7.97. The van der Waals surface area contributed by atoms with Gasteiger partial charge in [0, 0.05) is 25.4 Å². The highest BCUT2D eigenvalue weighted by Gasteiger charge is 2.14. The van der Waals surface area contributed by atoms with E-state index in [1.165, 1.54) is 6.26 Å². The second-order valence-corrected chi connectivity index (χ2v) is 8.93. The molecule has 0 atom stereocenters. The quantitative estimate of drug-likeness (QED) is 0.531. The summed E-state index contributed by atoms with van der Waals surface area (Å²) in [4.78, 5) is 16.2. The lowest BCUT2D eigenvalue weighted by atomic mass is 10.1. The van der Waals surface area contributed by atoms with Crippen molar-refractivity contribution in [2.75, 3.05) is 19.8 Å². The molecular formula is C17H28N4O3S. The van der Waals surface area contributed by atoms with E-state index in [-0.39, 0.29) is 18.0 Å². The number of nitrogens with zero attached hydrogens (tertiary/aromatic N) is 1. The van der Waals surface area contributed by atoms with Crippen molar-refractivity contribution in [1.29, 1.82) is 0 Å². The van der Waals surface area contributed by atoms with Crippen LogP contribution in [0.25, 0.3) is 0 Å². The monoisotopic (exact) mass is 368 g/mol. The summed E-state index contributed by atoms with van der Waals surface area (Å²) in [7, 11) is -1.60. The van der Waals surface area contributed by atoms with E-state index >= 15 is 0 Å². The lowest BCUT2D eigenvalue weighted by Gasteiger charge is -2.21. The van der Waals surface area contributed by atoms with E-state index in [4.69, 9.17) is 0 Å². The van der Waals surface area contributed by atoms with Crippen LogP contribution in [0.2, 0.25) is 0 Å². The summed E-state index contributed by atoms with van der Waals surface area (Å²) in [6.07, 6.45) is 1.20. The van der Waals surface area contributed by atoms with Crippen LogP contribution < -0.4 is 16.0 Å². The zero-order valence-corrected chi connectivity index (χ0v) is 16.5. The number of hydrogen-bond donors (Lipinski definition) is 3. The van der Waals surface area contributed by atoms with Crippen LogP contribution in [0.3, 0.4) is 0 Å². The molecule has 25 heavy (non-hydrogen) atoms. The van der Waals surface area contributed by atoms with E-state index in [2.05, 4.69) is 20.9 Å². The van der Waals surface area contributed by atoms with Gasteiger partial charge >= 0.3 is 0 Å². The largest absolute Gasteiger partial charge is 0.352 e. The summed E-state index contributed by atoms with van der Waals surface area (Å²) in [6.45, 7) is 8.10. The molecule has 8 heteroatoms. The third-order valence-corrected chi connectivity index (χ3v) is 4.51. The molecule has 0 saturated carbocycles. The number of aliphatic imine (C=N–C) groups is 1. The molecule has 7 nitrogen and oxygen atoms in total. The van der Waals surface area contributed by atoms with Gasteiger partial charge in [0.2, 0.25) is 5.91 Å². The van der Waals surface area contributed by atoms with Crippen LogP contribution in [-0.2, 0) is 21.2 Å². The average Bonchev–Trinajstić information content (AvgIpc) is 2.44. The molecule has 0 aliphatic carbocycles. The Morgan fingerprint density at radius 2 is 1.84 bits per heavy atom. The minimum Gasteiger partial charge on any atom is -0.352 e. The highest BCUT2D eigenvalue weighted by Crippen LogP contribution is 2.16. The average molecular weight is 369 g/mol. The highest BCUT2D eigenvalue weighted by atomic mass is 32.2. The summed E-state index contributed by atoms with van der Waals surface area (Å²) < 4.78 is 23.3. The Kier molecular flexibility index (Phi) is 6.98. The second kappa shape index (κ2) is 8.33. The molecule has 1 amide bonds. The molecule has 0 radical (unpaired) electrons. The Labute approximate surface area is 150 Å². The second-order valence-electron chi connectivity index (χ2n) is 6.95. The Bertz CT molecular complexity index is 750. The Hall–Kier alpha value is -2.09. The number of nitrogens with one attached hydrogen (secondary N) is 3. The van der Waals surface area contributed by atoms with Gasteiger partial charge < -0.3 is 16.0 Å². The van der Waals surface area contributed by atoms with Gasteiger partial charge in [0.25, 0.3) is 0 Å². The van der Waals surface area contributed by atoms with Crippen molar-refractivity contribution in [1.82, 2.24) is 16.0 Å². The molecule has 0 saturated heterocycles. The maximum absolute atomic E-state index is 11.8. The molecule has 0 fully saturated rings. The molecule has 0 aromatic heterocycles. The minimum absolute atomic E-state index is 0.114. The molecule has 1 aromatic carbocycles. The van der Waals surface area contributed by atoms with Crippen LogP contribution in [0.4, 0.5) is 0 Å². The maximum Gasteiger partial charge on any atom is 0.239 e. The molecule has 140 valence electrons. The van der Waals surface area contributed by atoms with Gasteiger partial charge in [-0.1, -0.05) is 12.1 Å². The number of sulfone groups is 1. The smallest absolute Gasteiger partial charge is 0.239 e. The number of carbonyl (C=O) groups excluding carboxylic acids is 1. The van der Waals surface area contributed by atoms with Crippen molar-refractivity contribution >= 4 is 21.7 Å². The summed E-state index contributed by atoms with van der Waals surface area (Å²) >= 11 is 0. The molecular weight excluding hydrogens is 340 g/mol. The van der Waals surface area contributed by atoms with Crippen LogP contribution in [0.5, 0.6) is 0 Å². The van der Waals surface area contributed by atoms with Crippen molar-refractivity contribution < 1.29 is 13.2 Å². The SMILES string of the molecule is CN=C(NCC(=O)NC(C)(C)C)NCc1ccc(S(C)(=O)=O)c(C)c1. The normalized spacial score (nSPS) is 12.6. The van der Waals surface area contributed by atoms with Crippen LogP contribution in [0, 0.1) is 6.92 Å². The van der Waals surface area contributed by atoms with E-state index in [1.54, 1.807) is 26.1 Å². The third kappa shape index (κ3) is 7.55. The molecule has 0 aliphatic rings. The standard InChI is InChI=1S/C17H28N4O3S/c1-12-9-13(7-8-14(12)25(6,23)24)10-19-16(18-5)20-11-15(22)21-17(2,3)4/h7-9H,10-11H2,1-6H3,(H,21,22)(H2,18,19,20). The van der Waals surface area contributed by atoms with Crippen molar-refractivity contribution in [3.8, 4) is 0 Å². The number of guanidine groups is 1. The number of carbonyl (C=O) groups is 1. The molecule has 0 heterocycles. The first-order chi connectivity index (χ1) is 11.4. The molecule has 0 aliphatic heterocycles.